The minimum Gasteiger partial charge on any atom is -0.494 e. The lowest BCUT2D eigenvalue weighted by atomic mass is 10.1. The highest BCUT2D eigenvalue weighted by molar-refractivity contribution is 6.37. The fourth-order valence-electron chi connectivity index (χ4n) is 1.27. The third kappa shape index (κ3) is 3.16. The van der Waals surface area contributed by atoms with E-state index in [0.717, 1.165) is 0 Å². The Bertz CT molecular complexity index is 524. The Balaban J connectivity index is 3.24. The zero-order valence-electron chi connectivity index (χ0n) is 9.66. The van der Waals surface area contributed by atoms with Crippen LogP contribution in [0.15, 0.2) is 17.7 Å². The van der Waals surface area contributed by atoms with E-state index in [1.54, 1.807) is 6.07 Å². The SMILES string of the molecule is COC(=O)C(C#N)=Cc1cc(Cl)c(OC)c(Cl)c1. The van der Waals surface area contributed by atoms with Crippen molar-refractivity contribution in [2.75, 3.05) is 14.2 Å². The molecule has 0 N–H and O–H groups in total. The van der Waals surface area contributed by atoms with Gasteiger partial charge in [-0.1, -0.05) is 23.2 Å². The summed E-state index contributed by atoms with van der Waals surface area (Å²) in [5.41, 5.74) is 0.363. The largest absolute Gasteiger partial charge is 0.494 e. The Labute approximate surface area is 114 Å². The summed E-state index contributed by atoms with van der Waals surface area (Å²) in [4.78, 5) is 11.2. The summed E-state index contributed by atoms with van der Waals surface area (Å²) in [6.07, 6.45) is 1.34. The average molecular weight is 286 g/mol. The summed E-state index contributed by atoms with van der Waals surface area (Å²) >= 11 is 11.9. The standard InChI is InChI=1S/C12H9Cl2NO3/c1-17-11-9(13)4-7(5-10(11)14)3-8(6-15)12(16)18-2/h3-5H,1-2H3. The van der Waals surface area contributed by atoms with Crippen LogP contribution in [-0.4, -0.2) is 20.2 Å². The van der Waals surface area contributed by atoms with Gasteiger partial charge in [0.15, 0.2) is 5.75 Å². The van der Waals surface area contributed by atoms with Gasteiger partial charge in [-0.15, -0.1) is 0 Å². The first-order valence-electron chi connectivity index (χ1n) is 4.76. The Morgan fingerprint density at radius 1 is 1.33 bits per heavy atom. The summed E-state index contributed by atoms with van der Waals surface area (Å²) in [6, 6.07) is 4.81. The van der Waals surface area contributed by atoms with E-state index in [4.69, 9.17) is 33.2 Å². The second-order valence-corrected chi connectivity index (χ2v) is 3.99. The fraction of sp³-hybridized carbons (Fsp3) is 0.167. The highest BCUT2D eigenvalue weighted by atomic mass is 35.5. The molecule has 1 aromatic carbocycles. The maximum Gasteiger partial charge on any atom is 0.348 e. The van der Waals surface area contributed by atoms with Gasteiger partial charge in [-0.2, -0.15) is 5.26 Å². The van der Waals surface area contributed by atoms with E-state index in [1.807, 2.05) is 0 Å². The number of nitrogens with zero attached hydrogens (tertiary/aromatic N) is 1. The quantitative estimate of drug-likeness (QED) is 0.486. The molecule has 0 atom stereocenters. The van der Waals surface area contributed by atoms with Gasteiger partial charge in [0.1, 0.15) is 11.6 Å². The highest BCUT2D eigenvalue weighted by Gasteiger charge is 2.11. The summed E-state index contributed by atoms with van der Waals surface area (Å²) in [7, 11) is 2.64. The van der Waals surface area contributed by atoms with E-state index in [1.165, 1.54) is 32.4 Å². The molecule has 6 heteroatoms. The molecule has 0 aromatic heterocycles. The van der Waals surface area contributed by atoms with E-state index >= 15 is 0 Å². The zero-order chi connectivity index (χ0) is 13.7. The summed E-state index contributed by atoms with van der Waals surface area (Å²) in [5, 5.41) is 9.40. The smallest absolute Gasteiger partial charge is 0.348 e. The van der Waals surface area contributed by atoms with E-state index in [-0.39, 0.29) is 5.57 Å². The van der Waals surface area contributed by atoms with Crippen LogP contribution in [0.25, 0.3) is 6.08 Å². The second kappa shape index (κ2) is 6.29. The van der Waals surface area contributed by atoms with Crippen molar-refractivity contribution in [1.29, 1.82) is 5.26 Å². The number of hydrogen-bond donors (Lipinski definition) is 0. The third-order valence-corrected chi connectivity index (χ3v) is 2.62. The lowest BCUT2D eigenvalue weighted by molar-refractivity contribution is -0.135. The maximum absolute atomic E-state index is 11.2. The number of halogens is 2. The molecule has 0 aliphatic heterocycles. The van der Waals surface area contributed by atoms with Crippen LogP contribution in [-0.2, 0) is 9.53 Å². The Morgan fingerprint density at radius 2 is 1.89 bits per heavy atom. The van der Waals surface area contributed by atoms with Gasteiger partial charge in [-0.3, -0.25) is 0 Å². The molecular formula is C12H9Cl2NO3. The summed E-state index contributed by atoms with van der Waals surface area (Å²) in [5.74, 6) is -0.382. The normalized spacial score (nSPS) is 10.7. The Kier molecular flexibility index (Phi) is 5.02. The van der Waals surface area contributed by atoms with Crippen molar-refractivity contribution < 1.29 is 14.3 Å². The highest BCUT2D eigenvalue weighted by Crippen LogP contribution is 2.34. The molecule has 0 amide bonds. The average Bonchev–Trinajstić information content (AvgIpc) is 2.34. The van der Waals surface area contributed by atoms with Gasteiger partial charge in [0, 0.05) is 0 Å². The fourth-order valence-corrected chi connectivity index (χ4v) is 1.93. The minimum absolute atomic E-state index is 0.144. The van der Waals surface area contributed by atoms with Gasteiger partial charge >= 0.3 is 5.97 Å². The molecule has 18 heavy (non-hydrogen) atoms. The summed E-state index contributed by atoms with van der Waals surface area (Å²) < 4.78 is 9.45. The van der Waals surface area contributed by atoms with Crippen molar-refractivity contribution in [2.45, 2.75) is 0 Å². The number of rotatable bonds is 3. The van der Waals surface area contributed by atoms with Crippen LogP contribution in [0.2, 0.25) is 10.0 Å². The molecular weight excluding hydrogens is 277 g/mol. The number of hydrogen-bond acceptors (Lipinski definition) is 4. The van der Waals surface area contributed by atoms with Gasteiger partial charge < -0.3 is 9.47 Å². The number of esters is 1. The number of methoxy groups -OCH3 is 2. The molecule has 0 spiro atoms. The molecule has 1 aromatic rings. The topological polar surface area (TPSA) is 59.3 Å². The maximum atomic E-state index is 11.2. The second-order valence-electron chi connectivity index (χ2n) is 3.18. The Morgan fingerprint density at radius 3 is 2.28 bits per heavy atom. The van der Waals surface area contributed by atoms with Crippen molar-refractivity contribution in [1.82, 2.24) is 0 Å². The van der Waals surface area contributed by atoms with E-state index in [9.17, 15) is 4.79 Å². The first-order valence-corrected chi connectivity index (χ1v) is 5.52. The Hall–Kier alpha value is -1.70. The first kappa shape index (κ1) is 14.4. The molecule has 1 rings (SSSR count). The lowest BCUT2D eigenvalue weighted by Crippen LogP contribution is -2.02. The molecule has 0 aliphatic carbocycles. The molecule has 0 bridgehead atoms. The molecule has 0 unspecified atom stereocenters. The molecule has 0 fully saturated rings. The van der Waals surface area contributed by atoms with Crippen molar-refractivity contribution in [2.24, 2.45) is 0 Å². The molecule has 0 saturated carbocycles. The molecule has 94 valence electrons. The van der Waals surface area contributed by atoms with Gasteiger partial charge in [0.25, 0.3) is 0 Å². The van der Waals surface area contributed by atoms with Crippen molar-refractivity contribution >= 4 is 35.2 Å². The van der Waals surface area contributed by atoms with Crippen molar-refractivity contribution in [3.63, 3.8) is 0 Å². The third-order valence-electron chi connectivity index (χ3n) is 2.06. The van der Waals surface area contributed by atoms with E-state index < -0.39 is 5.97 Å². The van der Waals surface area contributed by atoms with E-state index in [2.05, 4.69) is 4.74 Å². The number of ether oxygens (including phenoxy) is 2. The van der Waals surface area contributed by atoms with Crippen molar-refractivity contribution in [3.8, 4) is 11.8 Å². The van der Waals surface area contributed by atoms with Crippen LogP contribution >= 0.6 is 23.2 Å². The van der Waals surface area contributed by atoms with Crippen LogP contribution in [0, 0.1) is 11.3 Å². The van der Waals surface area contributed by atoms with Crippen LogP contribution in [0.4, 0.5) is 0 Å². The van der Waals surface area contributed by atoms with Gasteiger partial charge in [-0.05, 0) is 23.8 Å². The van der Waals surface area contributed by atoms with E-state index in [0.29, 0.717) is 21.4 Å². The number of carbonyl (C=O) groups is 1. The predicted molar refractivity (Wildman–Crippen MR) is 68.6 cm³/mol. The minimum atomic E-state index is -0.722. The predicted octanol–water partition coefficient (Wildman–Crippen LogP) is 3.08. The number of carbonyl (C=O) groups excluding carboxylic acids is 1. The van der Waals surface area contributed by atoms with Crippen LogP contribution < -0.4 is 4.74 Å². The lowest BCUT2D eigenvalue weighted by Gasteiger charge is -2.06. The first-order chi connectivity index (χ1) is 8.53. The number of nitriles is 1. The molecule has 0 aliphatic rings. The summed E-state index contributed by atoms with van der Waals surface area (Å²) in [6.45, 7) is 0. The van der Waals surface area contributed by atoms with Crippen LogP contribution in [0.5, 0.6) is 5.75 Å². The molecule has 0 radical (unpaired) electrons. The van der Waals surface area contributed by atoms with Gasteiger partial charge in [-0.25, -0.2) is 4.79 Å². The molecule has 0 heterocycles. The van der Waals surface area contributed by atoms with Crippen molar-refractivity contribution in [3.05, 3.63) is 33.3 Å². The zero-order valence-corrected chi connectivity index (χ0v) is 11.2. The molecule has 4 nitrogen and oxygen atoms in total. The van der Waals surface area contributed by atoms with Gasteiger partial charge in [0.2, 0.25) is 0 Å². The van der Waals surface area contributed by atoms with Crippen LogP contribution in [0.3, 0.4) is 0 Å². The van der Waals surface area contributed by atoms with Gasteiger partial charge in [0.05, 0.1) is 24.3 Å². The van der Waals surface area contributed by atoms with Crippen LogP contribution in [0.1, 0.15) is 5.56 Å². The monoisotopic (exact) mass is 285 g/mol. The molecule has 0 saturated heterocycles. The number of benzene rings is 1.